The van der Waals surface area contributed by atoms with Crippen molar-refractivity contribution in [2.24, 2.45) is 4.99 Å². The normalized spacial score (nSPS) is 11.7. The lowest BCUT2D eigenvalue weighted by Crippen LogP contribution is -2.12. The van der Waals surface area contributed by atoms with Crippen LogP contribution < -0.4 is 4.90 Å². The summed E-state index contributed by atoms with van der Waals surface area (Å²) in [6.45, 7) is 8.60. The first-order valence-electron chi connectivity index (χ1n) is 16.8. The largest absolute Gasteiger partial charge is 0.310 e. The van der Waals surface area contributed by atoms with Crippen molar-refractivity contribution >= 4 is 46.1 Å². The van der Waals surface area contributed by atoms with Gasteiger partial charge in [0.25, 0.3) is 0 Å². The van der Waals surface area contributed by atoms with Crippen LogP contribution in [-0.4, -0.2) is 21.5 Å². The molecule has 50 heavy (non-hydrogen) atoms. The molecular weight excluding hydrogens is 611 g/mol. The third-order valence-electron chi connectivity index (χ3n) is 8.97. The summed E-state index contributed by atoms with van der Waals surface area (Å²) in [6.07, 6.45) is 5.04. The van der Waals surface area contributed by atoms with Gasteiger partial charge in [0.2, 0.25) is 0 Å². The molecule has 0 atom stereocenters. The van der Waals surface area contributed by atoms with Gasteiger partial charge in [-0.2, -0.15) is 0 Å². The van der Waals surface area contributed by atoms with Crippen molar-refractivity contribution in [3.8, 4) is 17.1 Å². The fraction of sp³-hybridized carbons (Fsp3) is 0.0889. The summed E-state index contributed by atoms with van der Waals surface area (Å²) in [7, 11) is 0. The van der Waals surface area contributed by atoms with Gasteiger partial charge in [-0.3, -0.25) is 9.56 Å². The maximum Gasteiger partial charge on any atom is 0.145 e. The third-order valence-corrected chi connectivity index (χ3v) is 8.97. The number of anilines is 3. The van der Waals surface area contributed by atoms with Gasteiger partial charge < -0.3 is 10.3 Å². The van der Waals surface area contributed by atoms with Crippen LogP contribution >= 0.6 is 0 Å². The average molecular weight is 650 g/mol. The van der Waals surface area contributed by atoms with E-state index in [2.05, 4.69) is 133 Å². The molecule has 0 aliphatic carbocycles. The number of hydrogen-bond donors (Lipinski definition) is 1. The van der Waals surface area contributed by atoms with E-state index in [9.17, 15) is 0 Å². The van der Waals surface area contributed by atoms with Gasteiger partial charge in [0, 0.05) is 46.3 Å². The van der Waals surface area contributed by atoms with Gasteiger partial charge in [-0.05, 0) is 99.0 Å². The van der Waals surface area contributed by atoms with Crippen LogP contribution in [0.1, 0.15) is 33.4 Å². The lowest BCUT2D eigenvalue weighted by atomic mass is 10.0. The molecule has 5 heteroatoms. The molecule has 0 bridgehead atoms. The number of hydrogen-bond acceptors (Lipinski definition) is 4. The topological polar surface area (TPSA) is 57.3 Å². The molecule has 7 rings (SSSR count). The van der Waals surface area contributed by atoms with Crippen molar-refractivity contribution in [1.82, 2.24) is 9.55 Å². The summed E-state index contributed by atoms with van der Waals surface area (Å²) in [6, 6.07) is 48.3. The molecule has 0 spiro atoms. The van der Waals surface area contributed by atoms with Crippen molar-refractivity contribution in [3.05, 3.63) is 179 Å². The summed E-state index contributed by atoms with van der Waals surface area (Å²) in [5.41, 5.74) is 14.9. The summed E-state index contributed by atoms with van der Waals surface area (Å²) in [4.78, 5) is 12.0. The van der Waals surface area contributed by atoms with E-state index in [1.165, 1.54) is 28.5 Å². The predicted molar refractivity (Wildman–Crippen MR) is 211 cm³/mol. The van der Waals surface area contributed by atoms with E-state index in [4.69, 9.17) is 10.4 Å². The minimum Gasteiger partial charge on any atom is -0.310 e. The summed E-state index contributed by atoms with van der Waals surface area (Å²) in [5.74, 6) is 0.870. The first-order chi connectivity index (χ1) is 24.4. The third kappa shape index (κ3) is 6.54. The van der Waals surface area contributed by atoms with Crippen LogP contribution in [0.3, 0.4) is 0 Å². The van der Waals surface area contributed by atoms with Crippen LogP contribution in [0.5, 0.6) is 0 Å². The zero-order valence-corrected chi connectivity index (χ0v) is 28.8. The molecule has 7 aromatic rings. The Morgan fingerprint density at radius 3 is 1.92 bits per heavy atom. The van der Waals surface area contributed by atoms with Crippen molar-refractivity contribution in [1.29, 1.82) is 5.41 Å². The molecule has 1 heterocycles. The van der Waals surface area contributed by atoms with Gasteiger partial charge in [0.15, 0.2) is 0 Å². The van der Waals surface area contributed by atoms with Crippen LogP contribution in [0.25, 0.3) is 34.2 Å². The van der Waals surface area contributed by atoms with Gasteiger partial charge in [-0.15, -0.1) is 0 Å². The second kappa shape index (κ2) is 14.0. The predicted octanol–water partition coefficient (Wildman–Crippen LogP) is 11.5. The fourth-order valence-corrected chi connectivity index (χ4v) is 6.50. The zero-order valence-electron chi connectivity index (χ0n) is 28.8. The van der Waals surface area contributed by atoms with E-state index in [0.717, 1.165) is 56.3 Å². The number of aliphatic imine (C=N–C) groups is 1. The van der Waals surface area contributed by atoms with E-state index in [0.29, 0.717) is 5.71 Å². The first kappa shape index (κ1) is 32.2. The van der Waals surface area contributed by atoms with Crippen LogP contribution in [-0.2, 0) is 0 Å². The Labute approximate surface area is 294 Å². The quantitative estimate of drug-likeness (QED) is 0.158. The van der Waals surface area contributed by atoms with Crippen molar-refractivity contribution in [3.63, 3.8) is 0 Å². The first-order valence-corrected chi connectivity index (χ1v) is 16.8. The minimum atomic E-state index is 0.580. The van der Waals surface area contributed by atoms with Crippen LogP contribution in [0.15, 0.2) is 151 Å². The molecule has 244 valence electrons. The maximum absolute atomic E-state index is 8.11. The van der Waals surface area contributed by atoms with E-state index < -0.39 is 0 Å². The molecule has 0 saturated carbocycles. The van der Waals surface area contributed by atoms with Gasteiger partial charge in [0.05, 0.1) is 16.7 Å². The van der Waals surface area contributed by atoms with Crippen molar-refractivity contribution in [2.75, 3.05) is 4.90 Å². The Bertz CT molecular complexity index is 2310. The van der Waals surface area contributed by atoms with Gasteiger partial charge in [-0.25, -0.2) is 4.98 Å². The van der Waals surface area contributed by atoms with Crippen LogP contribution in [0, 0.1) is 33.1 Å². The smallest absolute Gasteiger partial charge is 0.145 e. The van der Waals surface area contributed by atoms with Gasteiger partial charge in [0.1, 0.15) is 5.82 Å². The summed E-state index contributed by atoms with van der Waals surface area (Å²) in [5, 5.41) is 8.11. The lowest BCUT2D eigenvalue weighted by Gasteiger charge is -2.29. The Morgan fingerprint density at radius 2 is 1.30 bits per heavy atom. The molecule has 0 amide bonds. The molecule has 0 radical (unpaired) electrons. The Balaban J connectivity index is 1.14. The second-order valence-electron chi connectivity index (χ2n) is 12.7. The monoisotopic (exact) mass is 649 g/mol. The highest BCUT2D eigenvalue weighted by atomic mass is 15.1. The molecule has 0 aliphatic heterocycles. The Kier molecular flexibility index (Phi) is 9.04. The molecule has 6 aromatic carbocycles. The zero-order chi connectivity index (χ0) is 34.6. The van der Waals surface area contributed by atoms with E-state index in [-0.39, 0.29) is 0 Å². The number of rotatable bonds is 9. The Hall–Kier alpha value is -6.33. The Morgan fingerprint density at radius 1 is 0.680 bits per heavy atom. The second-order valence-corrected chi connectivity index (χ2v) is 12.7. The van der Waals surface area contributed by atoms with E-state index in [1.807, 2.05) is 54.6 Å². The number of nitrogens with one attached hydrogen (secondary N) is 1. The number of aryl methyl sites for hydroxylation is 4. The van der Waals surface area contributed by atoms with Crippen LogP contribution in [0.4, 0.5) is 17.1 Å². The highest BCUT2D eigenvalue weighted by molar-refractivity contribution is 6.37. The van der Waals surface area contributed by atoms with Crippen molar-refractivity contribution < 1.29 is 0 Å². The van der Waals surface area contributed by atoms with Gasteiger partial charge >= 0.3 is 0 Å². The maximum atomic E-state index is 8.11. The molecular formula is C45H39N5. The molecule has 1 aromatic heterocycles. The summed E-state index contributed by atoms with van der Waals surface area (Å²) >= 11 is 0. The van der Waals surface area contributed by atoms with Crippen molar-refractivity contribution in [2.45, 2.75) is 27.7 Å². The lowest BCUT2D eigenvalue weighted by molar-refractivity contribution is 1.10. The average Bonchev–Trinajstić information content (AvgIpc) is 3.53. The summed E-state index contributed by atoms with van der Waals surface area (Å²) < 4.78 is 2.19. The molecule has 0 unspecified atom stereocenters. The molecule has 1 N–H and O–H groups in total. The standard InChI is InChI=1S/C45H39N5/c1-31-14-24-42(33(3)28-31)49(43-25-15-32(2)29-34(43)4)39-22-16-35(17-23-39)26-27-47-41(30-46)36-18-20-37(21-19-36)45-48-40-12-8-9-13-44(40)50(45)38-10-6-5-7-11-38/h5-30,46H,1-4H3/b27-26+,46-30?,47-41+. The SMILES string of the molecule is Cc1ccc(N(c2ccc(/C=C/N=C(\C=N)c3ccc(-c4nc5ccccc5n4-c4ccccc4)cc3)cc2)c2ccc(C)cc2C)c(C)c1. The van der Waals surface area contributed by atoms with Gasteiger partial charge in [-0.1, -0.05) is 102 Å². The highest BCUT2D eigenvalue weighted by Gasteiger charge is 2.17. The molecule has 0 saturated heterocycles. The molecule has 5 nitrogen and oxygen atoms in total. The highest BCUT2D eigenvalue weighted by Crippen LogP contribution is 2.39. The number of nitrogens with zero attached hydrogens (tertiary/aromatic N) is 4. The number of fused-ring (bicyclic) bond motifs is 1. The molecule has 0 aliphatic rings. The number of imidazole rings is 1. The van der Waals surface area contributed by atoms with E-state index >= 15 is 0 Å². The number of benzene rings is 6. The molecule has 0 fully saturated rings. The number of para-hydroxylation sites is 3. The fourth-order valence-electron chi connectivity index (χ4n) is 6.50. The minimum absolute atomic E-state index is 0.580. The number of aromatic nitrogens is 2. The van der Waals surface area contributed by atoms with Crippen LogP contribution in [0.2, 0.25) is 0 Å². The van der Waals surface area contributed by atoms with E-state index in [1.54, 1.807) is 6.20 Å².